The Balaban J connectivity index is 3.13. The number of rotatable bonds is 3. The van der Waals surface area contributed by atoms with Crippen LogP contribution in [0.2, 0.25) is 5.15 Å². The third-order valence-electron chi connectivity index (χ3n) is 1.69. The van der Waals surface area contributed by atoms with E-state index in [4.69, 9.17) is 16.3 Å². The molecular formula is C9H11ClN2O2S. The van der Waals surface area contributed by atoms with Crippen molar-refractivity contribution < 1.29 is 9.53 Å². The van der Waals surface area contributed by atoms with Crippen molar-refractivity contribution in [1.82, 2.24) is 9.97 Å². The van der Waals surface area contributed by atoms with Crippen molar-refractivity contribution in [2.45, 2.75) is 19.0 Å². The largest absolute Gasteiger partial charge is 0.462 e. The maximum Gasteiger partial charge on any atom is 0.343 e. The predicted molar refractivity (Wildman–Crippen MR) is 59.5 cm³/mol. The van der Waals surface area contributed by atoms with E-state index in [0.717, 1.165) is 0 Å². The molecule has 1 aromatic rings. The minimum absolute atomic E-state index is 0.144. The van der Waals surface area contributed by atoms with Gasteiger partial charge in [0.2, 0.25) is 0 Å². The van der Waals surface area contributed by atoms with Crippen molar-refractivity contribution >= 4 is 29.3 Å². The second kappa shape index (κ2) is 5.32. The maximum absolute atomic E-state index is 11.5. The van der Waals surface area contributed by atoms with Crippen molar-refractivity contribution in [3.8, 4) is 0 Å². The SMILES string of the molecule is CCOC(=O)c1c(C)nc(SC)nc1Cl. The van der Waals surface area contributed by atoms with Gasteiger partial charge in [0.05, 0.1) is 12.3 Å². The van der Waals surface area contributed by atoms with E-state index < -0.39 is 5.97 Å². The molecule has 0 saturated carbocycles. The Hall–Kier alpha value is -0.810. The van der Waals surface area contributed by atoms with Gasteiger partial charge in [0.25, 0.3) is 0 Å². The zero-order chi connectivity index (χ0) is 11.4. The highest BCUT2D eigenvalue weighted by molar-refractivity contribution is 7.98. The van der Waals surface area contributed by atoms with Crippen LogP contribution in [-0.2, 0) is 4.74 Å². The molecule has 0 fully saturated rings. The van der Waals surface area contributed by atoms with Crippen molar-refractivity contribution in [3.63, 3.8) is 0 Å². The standard InChI is InChI=1S/C9H11ClN2O2S/c1-4-14-8(13)6-5(2)11-9(15-3)12-7(6)10/h4H2,1-3H3. The molecule has 0 atom stereocenters. The van der Waals surface area contributed by atoms with Crippen LogP contribution in [0.25, 0.3) is 0 Å². The minimum Gasteiger partial charge on any atom is -0.462 e. The average molecular weight is 247 g/mol. The third-order valence-corrected chi connectivity index (χ3v) is 2.51. The number of carbonyl (C=O) groups is 1. The number of carbonyl (C=O) groups excluding carboxylic acids is 1. The molecule has 0 spiro atoms. The molecule has 0 saturated heterocycles. The van der Waals surface area contributed by atoms with Gasteiger partial charge in [-0.1, -0.05) is 23.4 Å². The first-order chi connectivity index (χ1) is 7.10. The number of thioether (sulfide) groups is 1. The Morgan fingerprint density at radius 1 is 1.53 bits per heavy atom. The first kappa shape index (κ1) is 12.3. The number of aryl methyl sites for hydroxylation is 1. The molecule has 0 aliphatic heterocycles. The average Bonchev–Trinajstić information content (AvgIpc) is 2.16. The highest BCUT2D eigenvalue weighted by atomic mass is 35.5. The van der Waals surface area contributed by atoms with Gasteiger partial charge in [-0.3, -0.25) is 0 Å². The van der Waals surface area contributed by atoms with Crippen molar-refractivity contribution in [1.29, 1.82) is 0 Å². The number of nitrogens with zero attached hydrogens (tertiary/aromatic N) is 2. The summed E-state index contributed by atoms with van der Waals surface area (Å²) >= 11 is 7.25. The monoisotopic (exact) mass is 246 g/mol. The smallest absolute Gasteiger partial charge is 0.343 e. The minimum atomic E-state index is -0.479. The summed E-state index contributed by atoms with van der Waals surface area (Å²) in [5.74, 6) is -0.479. The summed E-state index contributed by atoms with van der Waals surface area (Å²) < 4.78 is 4.85. The van der Waals surface area contributed by atoms with E-state index in [1.165, 1.54) is 11.8 Å². The molecule has 82 valence electrons. The lowest BCUT2D eigenvalue weighted by molar-refractivity contribution is 0.0524. The van der Waals surface area contributed by atoms with E-state index in [1.807, 2.05) is 6.26 Å². The van der Waals surface area contributed by atoms with Gasteiger partial charge in [-0.2, -0.15) is 0 Å². The van der Waals surface area contributed by atoms with Gasteiger partial charge in [-0.25, -0.2) is 14.8 Å². The van der Waals surface area contributed by atoms with Crippen LogP contribution in [0.5, 0.6) is 0 Å². The van der Waals surface area contributed by atoms with E-state index in [9.17, 15) is 4.79 Å². The molecule has 4 nitrogen and oxygen atoms in total. The summed E-state index contributed by atoms with van der Waals surface area (Å²) in [5.41, 5.74) is 0.786. The molecule has 0 amide bonds. The Kier molecular flexibility index (Phi) is 4.35. The third kappa shape index (κ3) is 2.82. The lowest BCUT2D eigenvalue weighted by Gasteiger charge is -2.07. The van der Waals surface area contributed by atoms with Crippen LogP contribution in [0.15, 0.2) is 5.16 Å². The second-order valence-corrected chi connectivity index (χ2v) is 3.81. The summed E-state index contributed by atoms with van der Waals surface area (Å²) in [7, 11) is 0. The van der Waals surface area contributed by atoms with Gasteiger partial charge in [-0.15, -0.1) is 0 Å². The van der Waals surface area contributed by atoms with Crippen molar-refractivity contribution in [3.05, 3.63) is 16.4 Å². The summed E-state index contributed by atoms with van der Waals surface area (Å²) in [6.45, 7) is 3.75. The van der Waals surface area contributed by atoms with Crippen molar-refractivity contribution in [2.75, 3.05) is 12.9 Å². The molecule has 0 N–H and O–H groups in total. The Morgan fingerprint density at radius 2 is 2.20 bits per heavy atom. The quantitative estimate of drug-likeness (QED) is 0.355. The molecular weight excluding hydrogens is 236 g/mol. The molecule has 1 rings (SSSR count). The van der Waals surface area contributed by atoms with Crippen LogP contribution in [0.1, 0.15) is 23.0 Å². The number of hydrogen-bond acceptors (Lipinski definition) is 5. The summed E-state index contributed by atoms with van der Waals surface area (Å²) in [6, 6.07) is 0. The van der Waals surface area contributed by atoms with Gasteiger partial charge in [0.1, 0.15) is 10.7 Å². The van der Waals surface area contributed by atoms with Gasteiger partial charge < -0.3 is 4.74 Å². The summed E-state index contributed by atoms with van der Waals surface area (Å²) in [4.78, 5) is 19.6. The number of ether oxygens (including phenoxy) is 1. The lowest BCUT2D eigenvalue weighted by Crippen LogP contribution is -2.10. The van der Waals surface area contributed by atoms with Gasteiger partial charge >= 0.3 is 5.97 Å². The fourth-order valence-electron chi connectivity index (χ4n) is 1.04. The Labute approximate surface area is 97.4 Å². The molecule has 6 heteroatoms. The molecule has 1 aromatic heterocycles. The van der Waals surface area contributed by atoms with E-state index in [0.29, 0.717) is 17.5 Å². The zero-order valence-electron chi connectivity index (χ0n) is 8.70. The number of esters is 1. The fourth-order valence-corrected chi connectivity index (χ4v) is 1.79. The Bertz CT molecular complexity index is 361. The van der Waals surface area contributed by atoms with Crippen LogP contribution >= 0.6 is 23.4 Å². The molecule has 1 heterocycles. The normalized spacial score (nSPS) is 10.1. The highest BCUT2D eigenvalue weighted by Crippen LogP contribution is 2.20. The molecule has 0 unspecified atom stereocenters. The molecule has 0 aliphatic carbocycles. The maximum atomic E-state index is 11.5. The van der Waals surface area contributed by atoms with E-state index in [2.05, 4.69) is 9.97 Å². The first-order valence-corrected chi connectivity index (χ1v) is 5.95. The second-order valence-electron chi connectivity index (χ2n) is 2.68. The summed E-state index contributed by atoms with van der Waals surface area (Å²) in [5, 5.41) is 0.691. The van der Waals surface area contributed by atoms with Gasteiger partial charge in [0, 0.05) is 0 Å². The Morgan fingerprint density at radius 3 is 2.67 bits per heavy atom. The molecule has 0 bridgehead atoms. The van der Waals surface area contributed by atoms with Crippen LogP contribution in [0.4, 0.5) is 0 Å². The van der Waals surface area contributed by atoms with Crippen LogP contribution in [-0.4, -0.2) is 28.8 Å². The van der Waals surface area contributed by atoms with Crippen LogP contribution < -0.4 is 0 Å². The highest BCUT2D eigenvalue weighted by Gasteiger charge is 2.18. The number of halogens is 1. The van der Waals surface area contributed by atoms with Crippen LogP contribution in [0, 0.1) is 6.92 Å². The fraction of sp³-hybridized carbons (Fsp3) is 0.444. The predicted octanol–water partition coefficient (Wildman–Crippen LogP) is 2.34. The lowest BCUT2D eigenvalue weighted by atomic mass is 10.2. The van der Waals surface area contributed by atoms with Gasteiger partial charge in [-0.05, 0) is 20.1 Å². The first-order valence-electron chi connectivity index (χ1n) is 4.35. The summed E-state index contributed by atoms with van der Waals surface area (Å²) in [6.07, 6.45) is 1.84. The van der Waals surface area contributed by atoms with Gasteiger partial charge in [0.15, 0.2) is 5.16 Å². The topological polar surface area (TPSA) is 52.1 Å². The van der Waals surface area contributed by atoms with E-state index >= 15 is 0 Å². The zero-order valence-corrected chi connectivity index (χ0v) is 10.3. The molecule has 0 aromatic carbocycles. The number of hydrogen-bond donors (Lipinski definition) is 0. The van der Waals surface area contributed by atoms with E-state index in [-0.39, 0.29) is 10.7 Å². The van der Waals surface area contributed by atoms with Crippen molar-refractivity contribution in [2.24, 2.45) is 0 Å². The molecule has 0 aliphatic rings. The molecule has 15 heavy (non-hydrogen) atoms. The van der Waals surface area contributed by atoms with Crippen LogP contribution in [0.3, 0.4) is 0 Å². The number of aromatic nitrogens is 2. The van der Waals surface area contributed by atoms with E-state index in [1.54, 1.807) is 13.8 Å². The molecule has 0 radical (unpaired) electrons.